The van der Waals surface area contributed by atoms with E-state index < -0.39 is 6.04 Å². The molecule has 0 fully saturated rings. The molecule has 3 rings (SSSR count). The first-order valence-electron chi connectivity index (χ1n) is 8.22. The topological polar surface area (TPSA) is 60.5 Å². The highest BCUT2D eigenvalue weighted by molar-refractivity contribution is 5.84. The van der Waals surface area contributed by atoms with Crippen LogP contribution < -0.4 is 10.1 Å². The first-order chi connectivity index (χ1) is 12.2. The van der Waals surface area contributed by atoms with Gasteiger partial charge < -0.3 is 14.8 Å². The Morgan fingerprint density at radius 1 is 1.12 bits per heavy atom. The Labute approximate surface area is 146 Å². The number of anilines is 1. The van der Waals surface area contributed by atoms with Gasteiger partial charge in [-0.05, 0) is 50.2 Å². The summed E-state index contributed by atoms with van der Waals surface area (Å²) in [6, 6.07) is 16.8. The molecule has 128 valence electrons. The molecule has 0 radical (unpaired) electrons. The maximum atomic E-state index is 11.7. The maximum Gasteiger partial charge on any atom is 0.328 e. The van der Waals surface area contributed by atoms with Crippen molar-refractivity contribution < 1.29 is 14.3 Å². The van der Waals surface area contributed by atoms with E-state index in [9.17, 15) is 4.79 Å². The largest absolute Gasteiger partial charge is 0.464 e. The number of fused-ring (bicyclic) bond motifs is 1. The van der Waals surface area contributed by atoms with Gasteiger partial charge in [0.1, 0.15) is 17.3 Å². The molecule has 0 aliphatic rings. The van der Waals surface area contributed by atoms with Crippen molar-refractivity contribution in [3.05, 3.63) is 60.8 Å². The monoisotopic (exact) mass is 336 g/mol. The fraction of sp³-hybridized carbons (Fsp3) is 0.200. The van der Waals surface area contributed by atoms with Crippen molar-refractivity contribution in [2.24, 2.45) is 0 Å². The van der Waals surface area contributed by atoms with Crippen molar-refractivity contribution in [3.63, 3.8) is 0 Å². The van der Waals surface area contributed by atoms with Gasteiger partial charge in [0.25, 0.3) is 0 Å². The number of esters is 1. The molecule has 1 atom stereocenters. The Balaban J connectivity index is 1.71. The molecule has 2 aromatic carbocycles. The maximum absolute atomic E-state index is 11.7. The number of pyridine rings is 1. The predicted molar refractivity (Wildman–Crippen MR) is 98.0 cm³/mol. The van der Waals surface area contributed by atoms with E-state index in [2.05, 4.69) is 10.3 Å². The number of aromatic nitrogens is 1. The van der Waals surface area contributed by atoms with Crippen LogP contribution in [0.2, 0.25) is 0 Å². The highest BCUT2D eigenvalue weighted by atomic mass is 16.5. The van der Waals surface area contributed by atoms with Crippen molar-refractivity contribution in [2.75, 3.05) is 11.9 Å². The Hall–Kier alpha value is -3.08. The molecule has 0 spiro atoms. The average molecular weight is 336 g/mol. The van der Waals surface area contributed by atoms with Crippen molar-refractivity contribution in [2.45, 2.75) is 19.9 Å². The van der Waals surface area contributed by atoms with Gasteiger partial charge in [-0.2, -0.15) is 0 Å². The number of rotatable bonds is 6. The van der Waals surface area contributed by atoms with Crippen molar-refractivity contribution in [3.8, 4) is 11.5 Å². The van der Waals surface area contributed by atoms with Crippen LogP contribution in [0.3, 0.4) is 0 Å². The Morgan fingerprint density at radius 3 is 2.64 bits per heavy atom. The standard InChI is InChI=1S/C20H20N2O3/c1-3-24-20(23)14(2)22-16-9-11-17(12-10-16)25-18-8-4-6-15-7-5-13-21-19(15)18/h4-14,22H,3H2,1-2H3. The smallest absolute Gasteiger partial charge is 0.328 e. The number of nitrogens with zero attached hydrogens (tertiary/aromatic N) is 1. The quantitative estimate of drug-likeness (QED) is 0.677. The minimum absolute atomic E-state index is 0.273. The van der Waals surface area contributed by atoms with Gasteiger partial charge in [-0.1, -0.05) is 18.2 Å². The summed E-state index contributed by atoms with van der Waals surface area (Å²) in [5.41, 5.74) is 1.65. The molecular formula is C20H20N2O3. The van der Waals surface area contributed by atoms with Gasteiger partial charge in [0.15, 0.2) is 5.75 Å². The van der Waals surface area contributed by atoms with E-state index in [0.29, 0.717) is 18.1 Å². The van der Waals surface area contributed by atoms with Crippen LogP contribution in [0.25, 0.3) is 10.9 Å². The summed E-state index contributed by atoms with van der Waals surface area (Å²) in [5.74, 6) is 1.14. The van der Waals surface area contributed by atoms with E-state index in [1.54, 1.807) is 20.0 Å². The third kappa shape index (κ3) is 4.07. The van der Waals surface area contributed by atoms with Crippen molar-refractivity contribution in [1.82, 2.24) is 4.98 Å². The summed E-state index contributed by atoms with van der Waals surface area (Å²) < 4.78 is 10.9. The zero-order valence-corrected chi connectivity index (χ0v) is 14.2. The number of hydrogen-bond donors (Lipinski definition) is 1. The zero-order valence-electron chi connectivity index (χ0n) is 14.2. The summed E-state index contributed by atoms with van der Waals surface area (Å²) >= 11 is 0. The van der Waals surface area contributed by atoms with Gasteiger partial charge in [0, 0.05) is 17.3 Å². The number of nitrogens with one attached hydrogen (secondary N) is 1. The van der Waals surface area contributed by atoms with Crippen molar-refractivity contribution >= 4 is 22.6 Å². The van der Waals surface area contributed by atoms with Gasteiger partial charge in [0.2, 0.25) is 0 Å². The Kier molecular flexibility index (Phi) is 5.14. The second kappa shape index (κ2) is 7.66. The molecule has 1 aromatic heterocycles. The van der Waals surface area contributed by atoms with Crippen LogP contribution >= 0.6 is 0 Å². The van der Waals surface area contributed by atoms with Crippen LogP contribution in [0.4, 0.5) is 5.69 Å². The first-order valence-corrected chi connectivity index (χ1v) is 8.22. The third-order valence-electron chi connectivity index (χ3n) is 3.70. The lowest BCUT2D eigenvalue weighted by Gasteiger charge is -2.14. The molecule has 1 N–H and O–H groups in total. The first kappa shape index (κ1) is 16.8. The summed E-state index contributed by atoms with van der Waals surface area (Å²) in [6.07, 6.45) is 1.75. The summed E-state index contributed by atoms with van der Waals surface area (Å²) in [4.78, 5) is 16.0. The van der Waals surface area contributed by atoms with Gasteiger partial charge in [-0.3, -0.25) is 4.98 Å². The van der Waals surface area contributed by atoms with Crippen molar-refractivity contribution in [1.29, 1.82) is 0 Å². The van der Waals surface area contributed by atoms with E-state index in [1.807, 2.05) is 54.6 Å². The van der Waals surface area contributed by atoms with Gasteiger partial charge in [-0.15, -0.1) is 0 Å². The minimum atomic E-state index is -0.408. The fourth-order valence-electron chi connectivity index (χ4n) is 2.48. The highest BCUT2D eigenvalue weighted by Crippen LogP contribution is 2.28. The zero-order chi connectivity index (χ0) is 17.6. The number of para-hydroxylation sites is 1. The van der Waals surface area contributed by atoms with E-state index in [1.165, 1.54) is 0 Å². The van der Waals surface area contributed by atoms with Crippen LogP contribution in [0.1, 0.15) is 13.8 Å². The molecule has 3 aromatic rings. The average Bonchev–Trinajstić information content (AvgIpc) is 2.64. The van der Waals surface area contributed by atoms with Gasteiger partial charge in [0.05, 0.1) is 6.61 Å². The lowest BCUT2D eigenvalue weighted by molar-refractivity contribution is -0.143. The molecule has 0 aliphatic heterocycles. The number of carbonyl (C=O) groups excluding carboxylic acids is 1. The minimum Gasteiger partial charge on any atom is -0.464 e. The van der Waals surface area contributed by atoms with Crippen LogP contribution in [0.5, 0.6) is 11.5 Å². The second-order valence-corrected chi connectivity index (χ2v) is 5.58. The SMILES string of the molecule is CCOC(=O)C(C)Nc1ccc(Oc2cccc3cccnc23)cc1. The molecule has 5 nitrogen and oxygen atoms in total. The van der Waals surface area contributed by atoms with Crippen LogP contribution in [0.15, 0.2) is 60.8 Å². The molecule has 5 heteroatoms. The molecular weight excluding hydrogens is 316 g/mol. The molecule has 0 amide bonds. The third-order valence-corrected chi connectivity index (χ3v) is 3.70. The molecule has 0 bridgehead atoms. The summed E-state index contributed by atoms with van der Waals surface area (Å²) in [6.45, 7) is 3.93. The summed E-state index contributed by atoms with van der Waals surface area (Å²) in [7, 11) is 0. The van der Waals surface area contributed by atoms with Crippen LogP contribution in [-0.2, 0) is 9.53 Å². The molecule has 0 aliphatic carbocycles. The Bertz CT molecular complexity index is 857. The van der Waals surface area contributed by atoms with E-state index in [4.69, 9.17) is 9.47 Å². The van der Waals surface area contributed by atoms with Gasteiger partial charge in [-0.25, -0.2) is 4.79 Å². The molecule has 25 heavy (non-hydrogen) atoms. The van der Waals surface area contributed by atoms with Gasteiger partial charge >= 0.3 is 5.97 Å². The van der Waals surface area contributed by atoms with E-state index >= 15 is 0 Å². The number of hydrogen-bond acceptors (Lipinski definition) is 5. The second-order valence-electron chi connectivity index (χ2n) is 5.58. The Morgan fingerprint density at radius 2 is 1.88 bits per heavy atom. The van der Waals surface area contributed by atoms with Crippen LogP contribution in [-0.4, -0.2) is 23.6 Å². The number of carbonyl (C=O) groups is 1. The summed E-state index contributed by atoms with van der Waals surface area (Å²) in [5, 5.41) is 4.13. The normalized spacial score (nSPS) is 11.8. The highest BCUT2D eigenvalue weighted by Gasteiger charge is 2.13. The molecule has 1 unspecified atom stereocenters. The number of benzene rings is 2. The molecule has 0 saturated heterocycles. The fourth-order valence-corrected chi connectivity index (χ4v) is 2.48. The number of ether oxygens (including phenoxy) is 2. The molecule has 0 saturated carbocycles. The lowest BCUT2D eigenvalue weighted by atomic mass is 10.2. The molecule has 1 heterocycles. The van der Waals surface area contributed by atoms with E-state index in [0.717, 1.165) is 16.6 Å². The predicted octanol–water partition coefficient (Wildman–Crippen LogP) is 4.39. The lowest BCUT2D eigenvalue weighted by Crippen LogP contribution is -2.28. The van der Waals surface area contributed by atoms with Crippen LogP contribution in [0, 0.1) is 0 Å². The van der Waals surface area contributed by atoms with E-state index in [-0.39, 0.29) is 5.97 Å².